The Hall–Kier alpha value is -0.710. The van der Waals surface area contributed by atoms with Gasteiger partial charge in [-0.3, -0.25) is 4.79 Å². The monoisotopic (exact) mass is 259 g/mol. The number of amides is 1. The van der Waals surface area contributed by atoms with Crippen molar-refractivity contribution in [1.29, 1.82) is 0 Å². The summed E-state index contributed by atoms with van der Waals surface area (Å²) in [7, 11) is 0. The first-order valence-corrected chi connectivity index (χ1v) is 7.17. The van der Waals surface area contributed by atoms with Crippen molar-refractivity contribution in [2.24, 2.45) is 5.92 Å². The third-order valence-electron chi connectivity index (χ3n) is 2.95. The lowest BCUT2D eigenvalue weighted by Crippen LogP contribution is -2.45. The second-order valence-corrected chi connectivity index (χ2v) is 5.99. The molecule has 0 bridgehead atoms. The van der Waals surface area contributed by atoms with Gasteiger partial charge in [0.05, 0.1) is 5.37 Å². The number of carbonyl (C=O) groups is 2. The quantitative estimate of drug-likeness (QED) is 0.822. The Labute approximate surface area is 107 Å². The molecule has 98 valence electrons. The van der Waals surface area contributed by atoms with E-state index in [0.717, 1.165) is 12.8 Å². The fourth-order valence-corrected chi connectivity index (χ4v) is 3.31. The van der Waals surface area contributed by atoms with Crippen LogP contribution in [0.15, 0.2) is 0 Å². The number of carboxylic acids is 1. The number of rotatable bonds is 5. The van der Waals surface area contributed by atoms with E-state index in [1.165, 1.54) is 0 Å². The molecule has 2 atom stereocenters. The molecule has 1 fully saturated rings. The maximum absolute atomic E-state index is 12.1. The van der Waals surface area contributed by atoms with Crippen molar-refractivity contribution in [3.05, 3.63) is 0 Å². The van der Waals surface area contributed by atoms with E-state index in [1.54, 1.807) is 16.7 Å². The zero-order valence-electron chi connectivity index (χ0n) is 10.7. The molecule has 1 aliphatic rings. The summed E-state index contributed by atoms with van der Waals surface area (Å²) in [4.78, 5) is 24.8. The summed E-state index contributed by atoms with van der Waals surface area (Å²) in [6.07, 6.45) is 2.09. The van der Waals surface area contributed by atoms with E-state index in [1.807, 2.05) is 6.92 Å². The van der Waals surface area contributed by atoms with Gasteiger partial charge in [-0.15, -0.1) is 11.8 Å². The zero-order valence-corrected chi connectivity index (χ0v) is 11.5. The summed E-state index contributed by atoms with van der Waals surface area (Å²) in [6.45, 7) is 6.13. The normalized spacial score (nSPS) is 24.4. The maximum Gasteiger partial charge on any atom is 0.327 e. The van der Waals surface area contributed by atoms with E-state index >= 15 is 0 Å². The smallest absolute Gasteiger partial charge is 0.327 e. The van der Waals surface area contributed by atoms with E-state index in [-0.39, 0.29) is 11.3 Å². The summed E-state index contributed by atoms with van der Waals surface area (Å²) in [5.74, 6) is 0.0909. The predicted molar refractivity (Wildman–Crippen MR) is 68.9 cm³/mol. The van der Waals surface area contributed by atoms with Crippen LogP contribution in [0.4, 0.5) is 0 Å². The average Bonchev–Trinajstić information content (AvgIpc) is 2.69. The molecule has 1 N–H and O–H groups in total. The van der Waals surface area contributed by atoms with Crippen molar-refractivity contribution in [3.8, 4) is 0 Å². The van der Waals surface area contributed by atoms with Gasteiger partial charge in [-0.1, -0.05) is 20.8 Å². The first kappa shape index (κ1) is 14.4. The molecular weight excluding hydrogens is 238 g/mol. The van der Waals surface area contributed by atoms with Crippen LogP contribution < -0.4 is 0 Å². The molecule has 0 radical (unpaired) electrons. The van der Waals surface area contributed by atoms with E-state index in [0.29, 0.717) is 18.1 Å². The molecule has 5 heteroatoms. The molecule has 1 aliphatic heterocycles. The van der Waals surface area contributed by atoms with Gasteiger partial charge in [0.15, 0.2) is 0 Å². The summed E-state index contributed by atoms with van der Waals surface area (Å²) in [5, 5.41) is 9.15. The molecule has 1 heterocycles. The third-order valence-corrected chi connectivity index (χ3v) is 4.40. The maximum atomic E-state index is 12.1. The predicted octanol–water partition coefficient (Wildman–Crippen LogP) is 2.19. The molecule has 0 spiro atoms. The Kier molecular flexibility index (Phi) is 5.31. The molecule has 1 saturated heterocycles. The van der Waals surface area contributed by atoms with Gasteiger partial charge in [0.1, 0.15) is 6.04 Å². The van der Waals surface area contributed by atoms with Crippen molar-refractivity contribution >= 4 is 23.6 Å². The van der Waals surface area contributed by atoms with Crippen molar-refractivity contribution < 1.29 is 14.7 Å². The Bertz CT molecular complexity index is 293. The van der Waals surface area contributed by atoms with Crippen LogP contribution in [0, 0.1) is 5.92 Å². The van der Waals surface area contributed by atoms with Gasteiger partial charge >= 0.3 is 5.97 Å². The number of carbonyl (C=O) groups excluding carboxylic acids is 1. The van der Waals surface area contributed by atoms with Crippen molar-refractivity contribution in [2.45, 2.75) is 51.4 Å². The lowest BCUT2D eigenvalue weighted by molar-refractivity contribution is -0.149. The Morgan fingerprint density at radius 2 is 2.12 bits per heavy atom. The molecule has 0 aromatic heterocycles. The SMILES string of the molecule is CCC1SCC(C(=O)O)N1C(=O)CCC(C)C. The molecule has 2 unspecified atom stereocenters. The molecule has 0 aromatic rings. The molecule has 0 aliphatic carbocycles. The summed E-state index contributed by atoms with van der Waals surface area (Å²) < 4.78 is 0. The second kappa shape index (κ2) is 6.28. The topological polar surface area (TPSA) is 57.6 Å². The number of hydrogen-bond donors (Lipinski definition) is 1. The van der Waals surface area contributed by atoms with Gasteiger partial charge in [0.25, 0.3) is 0 Å². The first-order valence-electron chi connectivity index (χ1n) is 6.13. The van der Waals surface area contributed by atoms with Crippen LogP contribution >= 0.6 is 11.8 Å². The van der Waals surface area contributed by atoms with Gasteiger partial charge in [0.2, 0.25) is 5.91 Å². The van der Waals surface area contributed by atoms with Gasteiger partial charge in [0, 0.05) is 12.2 Å². The number of aliphatic carboxylic acids is 1. The number of carboxylic acid groups (broad SMARTS) is 1. The number of nitrogens with zero attached hydrogens (tertiary/aromatic N) is 1. The molecular formula is C12H21NO3S. The lowest BCUT2D eigenvalue weighted by atomic mass is 10.1. The number of thioether (sulfide) groups is 1. The molecule has 0 aromatic carbocycles. The Morgan fingerprint density at radius 1 is 1.47 bits per heavy atom. The van der Waals surface area contributed by atoms with E-state index in [2.05, 4.69) is 13.8 Å². The highest BCUT2D eigenvalue weighted by molar-refractivity contribution is 8.00. The van der Waals surface area contributed by atoms with E-state index in [4.69, 9.17) is 5.11 Å². The fourth-order valence-electron chi connectivity index (χ4n) is 1.94. The molecule has 1 rings (SSSR count). The van der Waals surface area contributed by atoms with Crippen LogP contribution in [0.1, 0.15) is 40.0 Å². The minimum absolute atomic E-state index is 0.0112. The van der Waals surface area contributed by atoms with Crippen molar-refractivity contribution in [3.63, 3.8) is 0 Å². The minimum atomic E-state index is -0.883. The molecule has 1 amide bonds. The van der Waals surface area contributed by atoms with Crippen LogP contribution in [0.3, 0.4) is 0 Å². The third kappa shape index (κ3) is 3.63. The van der Waals surface area contributed by atoms with Crippen LogP contribution in [-0.4, -0.2) is 39.1 Å². The first-order chi connectivity index (χ1) is 7.97. The second-order valence-electron chi connectivity index (χ2n) is 4.78. The summed E-state index contributed by atoms with van der Waals surface area (Å²) >= 11 is 1.57. The van der Waals surface area contributed by atoms with Crippen LogP contribution in [0.25, 0.3) is 0 Å². The van der Waals surface area contributed by atoms with Crippen molar-refractivity contribution in [2.75, 3.05) is 5.75 Å². The Balaban J connectivity index is 2.67. The van der Waals surface area contributed by atoms with Gasteiger partial charge in [-0.05, 0) is 18.8 Å². The van der Waals surface area contributed by atoms with E-state index in [9.17, 15) is 9.59 Å². The van der Waals surface area contributed by atoms with Crippen LogP contribution in [0.5, 0.6) is 0 Å². The van der Waals surface area contributed by atoms with Crippen LogP contribution in [-0.2, 0) is 9.59 Å². The largest absolute Gasteiger partial charge is 0.480 e. The molecule has 4 nitrogen and oxygen atoms in total. The van der Waals surface area contributed by atoms with Gasteiger partial charge < -0.3 is 10.0 Å². The number of hydrogen-bond acceptors (Lipinski definition) is 3. The van der Waals surface area contributed by atoms with Gasteiger partial charge in [-0.25, -0.2) is 4.79 Å². The highest BCUT2D eigenvalue weighted by Crippen LogP contribution is 2.32. The van der Waals surface area contributed by atoms with Gasteiger partial charge in [-0.2, -0.15) is 0 Å². The minimum Gasteiger partial charge on any atom is -0.480 e. The van der Waals surface area contributed by atoms with Crippen molar-refractivity contribution in [1.82, 2.24) is 4.90 Å². The van der Waals surface area contributed by atoms with Crippen LogP contribution in [0.2, 0.25) is 0 Å². The highest BCUT2D eigenvalue weighted by Gasteiger charge is 2.40. The fraction of sp³-hybridized carbons (Fsp3) is 0.833. The average molecular weight is 259 g/mol. The lowest BCUT2D eigenvalue weighted by Gasteiger charge is -2.27. The van der Waals surface area contributed by atoms with E-state index < -0.39 is 12.0 Å². The molecule has 0 saturated carbocycles. The highest BCUT2D eigenvalue weighted by atomic mass is 32.2. The summed E-state index contributed by atoms with van der Waals surface area (Å²) in [6, 6.07) is -0.635. The standard InChI is InChI=1S/C12H21NO3S/c1-4-11-13(9(7-17-11)12(15)16)10(14)6-5-8(2)3/h8-9,11H,4-7H2,1-3H3,(H,15,16). The summed E-state index contributed by atoms with van der Waals surface area (Å²) in [5.41, 5.74) is 0. The molecule has 17 heavy (non-hydrogen) atoms. The zero-order chi connectivity index (χ0) is 13.0. The Morgan fingerprint density at radius 3 is 2.59 bits per heavy atom.